The van der Waals surface area contributed by atoms with E-state index in [2.05, 4.69) is 4.98 Å². The Morgan fingerprint density at radius 2 is 1.90 bits per heavy atom. The summed E-state index contributed by atoms with van der Waals surface area (Å²) in [5.41, 5.74) is -1.61. The van der Waals surface area contributed by atoms with Crippen LogP contribution < -0.4 is 10.2 Å². The van der Waals surface area contributed by atoms with Crippen LogP contribution in [0.4, 0.5) is 8.78 Å². The Morgan fingerprint density at radius 3 is 2.35 bits per heavy atom. The van der Waals surface area contributed by atoms with Gasteiger partial charge >= 0.3 is 7.48 Å². The molecule has 0 aliphatic heterocycles. The lowest BCUT2D eigenvalue weighted by Gasteiger charge is -2.33. The number of aromatic nitrogens is 1. The van der Waals surface area contributed by atoms with Crippen LogP contribution in [0.5, 0.6) is 5.75 Å². The second-order valence-corrected chi connectivity index (χ2v) is 5.52. The molecule has 7 heteroatoms. The monoisotopic (exact) mass is 287 g/mol. The van der Waals surface area contributed by atoms with Gasteiger partial charge < -0.3 is 14.5 Å². The van der Waals surface area contributed by atoms with Crippen molar-refractivity contribution in [1.29, 1.82) is 0 Å². The number of hydrogen-bond donors (Lipinski definition) is 0. The van der Waals surface area contributed by atoms with Gasteiger partial charge in [0, 0.05) is 13.8 Å². The van der Waals surface area contributed by atoms with E-state index in [0.717, 1.165) is 0 Å². The van der Waals surface area contributed by atoms with Crippen LogP contribution in [0, 0.1) is 0 Å². The zero-order valence-electron chi connectivity index (χ0n) is 12.3. The minimum absolute atomic E-state index is 0.341. The molecule has 1 rings (SSSR count). The number of alkyl halides is 2. The topological polar surface area (TPSA) is 54.2 Å². The first-order chi connectivity index (χ1) is 9.08. The lowest BCUT2D eigenvalue weighted by atomic mass is 9.82. The van der Waals surface area contributed by atoms with Crippen LogP contribution in [-0.2, 0) is 4.65 Å². The molecule has 0 amide bonds. The van der Waals surface area contributed by atoms with E-state index in [0.29, 0.717) is 11.2 Å². The maximum atomic E-state index is 12.7. The molecule has 0 aliphatic carbocycles. The van der Waals surface area contributed by atoms with Gasteiger partial charge in [-0.2, -0.15) is 0 Å². The summed E-state index contributed by atoms with van der Waals surface area (Å²) in [5.74, 6) is 0.341. The molecule has 0 aromatic carbocycles. The molecule has 0 atom stereocenters. The molecule has 0 aliphatic rings. The fourth-order valence-corrected chi connectivity index (χ4v) is 1.22. The number of hydrogen-bond acceptors (Lipinski definition) is 3. The molecule has 0 spiro atoms. The van der Waals surface area contributed by atoms with Crippen molar-refractivity contribution in [2.75, 3.05) is 7.11 Å². The third-order valence-corrected chi connectivity index (χ3v) is 3.35. The molecule has 4 nitrogen and oxygen atoms in total. The minimum Gasteiger partial charge on any atom is -0.496 e. The zero-order chi connectivity index (χ0) is 15.6. The molecule has 111 valence electrons. The smallest absolute Gasteiger partial charge is 0.335 e. The van der Waals surface area contributed by atoms with Gasteiger partial charge in [0.1, 0.15) is 17.0 Å². The lowest BCUT2D eigenvalue weighted by Crippen LogP contribution is -2.49. The van der Waals surface area contributed by atoms with Gasteiger partial charge in [0.2, 0.25) is 0 Å². The predicted molar refractivity (Wildman–Crippen MR) is 74.0 cm³/mol. The third kappa shape index (κ3) is 3.90. The van der Waals surface area contributed by atoms with E-state index < -0.39 is 17.6 Å². The lowest BCUT2D eigenvalue weighted by molar-refractivity contribution is -0.0893. The first-order valence-corrected chi connectivity index (χ1v) is 6.16. The summed E-state index contributed by atoms with van der Waals surface area (Å²) < 4.78 is 36.0. The molecule has 0 saturated heterocycles. The third-order valence-electron chi connectivity index (χ3n) is 3.35. The van der Waals surface area contributed by atoms with E-state index in [4.69, 9.17) is 14.5 Å². The molecule has 2 N–H and O–H groups in total. The fraction of sp³-hybridized carbons (Fsp3) is 0.615. The summed E-state index contributed by atoms with van der Waals surface area (Å²) in [7, 11) is 2.76. The number of methoxy groups -OCH3 is 1. The molecule has 0 fully saturated rings. The van der Waals surface area contributed by atoms with Crippen LogP contribution in [0.3, 0.4) is 0 Å². The molecule has 0 saturated carbocycles. The first kappa shape index (κ1) is 16.8. The molecular weight excluding hydrogens is 267 g/mol. The van der Waals surface area contributed by atoms with E-state index in [-0.39, 0.29) is 5.69 Å². The second-order valence-electron chi connectivity index (χ2n) is 5.52. The highest BCUT2D eigenvalue weighted by Gasteiger charge is 2.40. The van der Waals surface area contributed by atoms with E-state index in [1.54, 1.807) is 27.7 Å². The van der Waals surface area contributed by atoms with Gasteiger partial charge in [0.25, 0.3) is 6.43 Å². The van der Waals surface area contributed by atoms with E-state index in [1.165, 1.54) is 26.9 Å². The summed E-state index contributed by atoms with van der Waals surface area (Å²) in [6.45, 7) is 6.96. The van der Waals surface area contributed by atoms with Crippen molar-refractivity contribution in [3.63, 3.8) is 0 Å². The normalized spacial score (nSPS) is 12.7. The Balaban J connectivity index is 2.94. The summed E-state index contributed by atoms with van der Waals surface area (Å²) in [5, 5.41) is 8.00. The Bertz CT molecular complexity index is 461. The van der Waals surface area contributed by atoms with Gasteiger partial charge in [0.05, 0.1) is 13.3 Å². The van der Waals surface area contributed by atoms with E-state index >= 15 is 0 Å². The van der Waals surface area contributed by atoms with Crippen LogP contribution in [0.1, 0.15) is 39.8 Å². The van der Waals surface area contributed by atoms with Gasteiger partial charge in [-0.25, -0.2) is 8.78 Å². The number of rotatable bonds is 6. The highest BCUT2D eigenvalue weighted by Crippen LogP contribution is 2.25. The molecule has 0 bridgehead atoms. The predicted octanol–water partition coefficient (Wildman–Crippen LogP) is 1.57. The van der Waals surface area contributed by atoms with Crippen molar-refractivity contribution in [2.24, 2.45) is 0 Å². The Labute approximate surface area is 118 Å². The first-order valence-electron chi connectivity index (χ1n) is 6.16. The average molecular weight is 287 g/mol. The molecule has 0 unspecified atom stereocenters. The molecule has 1 aromatic rings. The van der Waals surface area contributed by atoms with Crippen LogP contribution in [-0.4, -0.2) is 35.9 Å². The van der Waals surface area contributed by atoms with Crippen molar-refractivity contribution in [1.82, 2.24) is 4.98 Å². The Hall–Kier alpha value is -1.21. The number of nitrogens with zero attached hydrogens (tertiary/aromatic N) is 1. The van der Waals surface area contributed by atoms with Gasteiger partial charge in [-0.3, -0.25) is 4.98 Å². The zero-order valence-corrected chi connectivity index (χ0v) is 12.3. The maximum absolute atomic E-state index is 12.7. The van der Waals surface area contributed by atoms with Crippen LogP contribution in [0.15, 0.2) is 12.3 Å². The Morgan fingerprint density at radius 1 is 1.30 bits per heavy atom. The van der Waals surface area contributed by atoms with Gasteiger partial charge in [-0.05, 0) is 25.4 Å². The average Bonchev–Trinajstić information content (AvgIpc) is 2.34. The molecule has 1 radical (unpaired) electrons. The van der Waals surface area contributed by atoms with Crippen molar-refractivity contribution >= 4 is 12.9 Å². The maximum Gasteiger partial charge on any atom is 0.335 e. The van der Waals surface area contributed by atoms with Gasteiger partial charge in [-0.1, -0.05) is 0 Å². The van der Waals surface area contributed by atoms with Crippen LogP contribution in [0.2, 0.25) is 0 Å². The summed E-state index contributed by atoms with van der Waals surface area (Å²) in [4.78, 5) is 3.62. The largest absolute Gasteiger partial charge is 0.496 e. The fourth-order valence-electron chi connectivity index (χ4n) is 1.22. The second kappa shape index (κ2) is 6.05. The van der Waals surface area contributed by atoms with Crippen molar-refractivity contribution in [3.8, 4) is 5.75 Å². The SMILES string of the molecule is COc1cnc(C(F)F)cc1[B]OC(C)(C)C(C)(C)[OH2+]. The number of ether oxygens (including phenoxy) is 1. The van der Waals surface area contributed by atoms with E-state index in [9.17, 15) is 8.78 Å². The highest BCUT2D eigenvalue weighted by atomic mass is 19.3. The van der Waals surface area contributed by atoms with Gasteiger partial charge in [0.15, 0.2) is 5.60 Å². The quantitative estimate of drug-likeness (QED) is 0.589. The van der Waals surface area contributed by atoms with Crippen molar-refractivity contribution < 1.29 is 23.3 Å². The Kier molecular flexibility index (Phi) is 5.10. The minimum atomic E-state index is -2.66. The van der Waals surface area contributed by atoms with Gasteiger partial charge in [-0.15, -0.1) is 0 Å². The number of halogens is 2. The van der Waals surface area contributed by atoms with Crippen LogP contribution in [0.25, 0.3) is 0 Å². The summed E-state index contributed by atoms with van der Waals surface area (Å²) >= 11 is 0. The molecule has 20 heavy (non-hydrogen) atoms. The van der Waals surface area contributed by atoms with Crippen LogP contribution >= 0.6 is 0 Å². The van der Waals surface area contributed by atoms with Crippen molar-refractivity contribution in [2.45, 2.75) is 45.3 Å². The van der Waals surface area contributed by atoms with Crippen molar-refractivity contribution in [3.05, 3.63) is 18.0 Å². The highest BCUT2D eigenvalue weighted by molar-refractivity contribution is 6.48. The van der Waals surface area contributed by atoms with E-state index in [1.807, 2.05) is 0 Å². The summed E-state index contributed by atoms with van der Waals surface area (Å²) in [6, 6.07) is 1.22. The molecule has 1 aromatic heterocycles. The standard InChI is InChI=1S/C13H19BF2NO3/c1-12(2,18)13(3,4)20-14-8-6-9(11(15)16)17-7-10(8)19-5/h6-7,11,18H,1-5H3/p+1. The molecule has 1 heterocycles. The summed E-state index contributed by atoms with van der Waals surface area (Å²) in [6.07, 6.45) is -1.43. The number of pyridine rings is 1. The molecular formula is C13H20BF2NO3+.